The van der Waals surface area contributed by atoms with Crippen LogP contribution in [0, 0.1) is 41.7 Å². The summed E-state index contributed by atoms with van der Waals surface area (Å²) in [5.74, 6) is 0. The van der Waals surface area contributed by atoms with Gasteiger partial charge in [-0.2, -0.15) is 0 Å². The van der Waals surface area contributed by atoms with Crippen molar-refractivity contribution in [1.29, 1.82) is 0 Å². The monoisotopic (exact) mass is 264 g/mol. The van der Waals surface area contributed by atoms with Crippen molar-refractivity contribution in [3.63, 3.8) is 0 Å². The van der Waals surface area contributed by atoms with Gasteiger partial charge in [0.2, 0.25) is 0 Å². The van der Waals surface area contributed by atoms with E-state index in [0.29, 0.717) is 0 Å². The van der Waals surface area contributed by atoms with Crippen LogP contribution in [0.15, 0.2) is 0 Å². The molecule has 0 fully saturated rings. The van der Waals surface area contributed by atoms with Crippen molar-refractivity contribution in [2.75, 3.05) is 0 Å². The van der Waals surface area contributed by atoms with Gasteiger partial charge in [0.05, 0.1) is 0 Å². The standard InChI is InChI=1S/2CH2O3.Ce/c2*2-1(3)4;/h2*(H2,2,3,4);. The Kier molecular flexibility index (Phi) is 19.2. The molecule has 52 valence electrons. The Morgan fingerprint density at radius 1 is 0.778 bits per heavy atom. The normalized spacial score (nSPS) is 5.33. The molecule has 6 nitrogen and oxygen atoms in total. The SMILES string of the molecule is O=C(O)O.O=C(O)O.[Ce]. The zero-order chi connectivity index (χ0) is 7.15. The van der Waals surface area contributed by atoms with Crippen LogP contribution in [0.5, 0.6) is 0 Å². The second-order valence-electron chi connectivity index (χ2n) is 0.565. The molecule has 4 N–H and O–H groups in total. The minimum atomic E-state index is -1.83. The van der Waals surface area contributed by atoms with Gasteiger partial charge in [0.1, 0.15) is 0 Å². The van der Waals surface area contributed by atoms with Gasteiger partial charge in [-0.1, -0.05) is 0 Å². The molecule has 0 aliphatic rings. The Balaban J connectivity index is -0.0000000720. The Labute approximate surface area is 83.5 Å². The molecule has 0 atom stereocenters. The van der Waals surface area contributed by atoms with Crippen LogP contribution in [0.25, 0.3) is 0 Å². The molecular formula is C2H4CeO6. The molecule has 0 aromatic heterocycles. The zero-order valence-electron chi connectivity index (χ0n) is 4.11. The minimum Gasteiger partial charge on any atom is -0.450 e. The molecular weight excluding hydrogens is 260 g/mol. The number of rotatable bonds is 0. The van der Waals surface area contributed by atoms with Crippen LogP contribution in [0.4, 0.5) is 9.59 Å². The maximum Gasteiger partial charge on any atom is 0.503 e. The van der Waals surface area contributed by atoms with Gasteiger partial charge in [0.25, 0.3) is 0 Å². The smallest absolute Gasteiger partial charge is 0.450 e. The summed E-state index contributed by atoms with van der Waals surface area (Å²) in [6, 6.07) is 0. The predicted octanol–water partition coefficient (Wildman–Crippen LogP) is 0.445. The van der Waals surface area contributed by atoms with Crippen molar-refractivity contribution in [3.05, 3.63) is 0 Å². The first-order valence-corrected chi connectivity index (χ1v) is 1.30. The van der Waals surface area contributed by atoms with Gasteiger partial charge < -0.3 is 20.4 Å². The van der Waals surface area contributed by atoms with Gasteiger partial charge in [0, 0.05) is 41.7 Å². The third-order valence-corrected chi connectivity index (χ3v) is 0. The summed E-state index contributed by atoms with van der Waals surface area (Å²) in [5, 5.41) is 27.9. The van der Waals surface area contributed by atoms with Gasteiger partial charge in [-0.05, 0) is 0 Å². The largest absolute Gasteiger partial charge is 0.503 e. The molecule has 0 amide bonds. The molecule has 0 heterocycles. The summed E-state index contributed by atoms with van der Waals surface area (Å²) in [5.41, 5.74) is 0. The fraction of sp³-hybridized carbons (Fsp3) is 0. The van der Waals surface area contributed by atoms with E-state index in [1.165, 1.54) is 0 Å². The first-order valence-electron chi connectivity index (χ1n) is 1.30. The van der Waals surface area contributed by atoms with Crippen LogP contribution in [0.2, 0.25) is 0 Å². The Hall–Kier alpha value is -0.0834. The van der Waals surface area contributed by atoms with E-state index in [1.54, 1.807) is 0 Å². The third kappa shape index (κ3) is 39900. The average Bonchev–Trinajstić information content (AvgIpc) is 1.25. The van der Waals surface area contributed by atoms with Crippen LogP contribution < -0.4 is 0 Å². The number of hydrogen-bond donors (Lipinski definition) is 4. The quantitative estimate of drug-likeness (QED) is 0.504. The Bertz CT molecular complexity index is 69.1. The molecule has 0 aliphatic carbocycles. The fourth-order valence-corrected chi connectivity index (χ4v) is 0. The summed E-state index contributed by atoms with van der Waals surface area (Å²) in [4.78, 5) is 17.1. The van der Waals surface area contributed by atoms with Gasteiger partial charge in [-0.3, -0.25) is 0 Å². The molecule has 9 heavy (non-hydrogen) atoms. The van der Waals surface area contributed by atoms with Crippen molar-refractivity contribution in [2.45, 2.75) is 0 Å². The van der Waals surface area contributed by atoms with Crippen molar-refractivity contribution in [1.82, 2.24) is 0 Å². The van der Waals surface area contributed by atoms with Crippen LogP contribution in [0.3, 0.4) is 0 Å². The second-order valence-corrected chi connectivity index (χ2v) is 0.565. The van der Waals surface area contributed by atoms with Gasteiger partial charge in [-0.15, -0.1) is 0 Å². The zero-order valence-corrected chi connectivity index (χ0v) is 7.25. The molecule has 0 unspecified atom stereocenters. The van der Waals surface area contributed by atoms with Crippen molar-refractivity contribution >= 4 is 12.3 Å². The Morgan fingerprint density at radius 3 is 0.778 bits per heavy atom. The van der Waals surface area contributed by atoms with Crippen LogP contribution in [-0.4, -0.2) is 32.7 Å². The number of carboxylic acid groups (broad SMARTS) is 4. The van der Waals surface area contributed by atoms with Crippen LogP contribution in [-0.2, 0) is 0 Å². The van der Waals surface area contributed by atoms with Gasteiger partial charge in [0.15, 0.2) is 0 Å². The van der Waals surface area contributed by atoms with Gasteiger partial charge in [-0.25, -0.2) is 9.59 Å². The fourth-order valence-electron chi connectivity index (χ4n) is 0. The van der Waals surface area contributed by atoms with Crippen molar-refractivity contribution < 1.29 is 71.8 Å². The minimum absolute atomic E-state index is 0. The molecule has 0 aromatic rings. The second kappa shape index (κ2) is 10.8. The number of hydrogen-bond acceptors (Lipinski definition) is 2. The molecule has 0 spiro atoms. The summed E-state index contributed by atoms with van der Waals surface area (Å²) in [7, 11) is 0. The number of carbonyl (C=O) groups is 2. The summed E-state index contributed by atoms with van der Waals surface area (Å²) in [6.45, 7) is 0. The topological polar surface area (TPSA) is 115 Å². The van der Waals surface area contributed by atoms with Crippen molar-refractivity contribution in [3.8, 4) is 0 Å². The average molecular weight is 264 g/mol. The predicted molar refractivity (Wildman–Crippen MR) is 21.3 cm³/mol. The van der Waals surface area contributed by atoms with E-state index in [4.69, 9.17) is 30.0 Å². The summed E-state index contributed by atoms with van der Waals surface area (Å²) < 4.78 is 0. The molecule has 7 heteroatoms. The van der Waals surface area contributed by atoms with E-state index in [0.717, 1.165) is 0 Å². The van der Waals surface area contributed by atoms with E-state index in [-0.39, 0.29) is 41.7 Å². The molecule has 0 bridgehead atoms. The Morgan fingerprint density at radius 2 is 0.778 bits per heavy atom. The molecule has 0 rings (SSSR count). The van der Waals surface area contributed by atoms with Crippen LogP contribution >= 0.6 is 0 Å². The van der Waals surface area contributed by atoms with E-state index < -0.39 is 12.3 Å². The summed E-state index contributed by atoms with van der Waals surface area (Å²) >= 11 is 0. The molecule has 0 saturated carbocycles. The molecule has 0 aromatic carbocycles. The molecule has 0 saturated heterocycles. The third-order valence-electron chi connectivity index (χ3n) is 0. The van der Waals surface area contributed by atoms with E-state index in [2.05, 4.69) is 0 Å². The first kappa shape index (κ1) is 16.0. The van der Waals surface area contributed by atoms with Crippen LogP contribution in [0.1, 0.15) is 0 Å². The summed E-state index contributed by atoms with van der Waals surface area (Å²) in [6.07, 6.45) is -3.67. The van der Waals surface area contributed by atoms with Gasteiger partial charge >= 0.3 is 12.3 Å². The van der Waals surface area contributed by atoms with E-state index >= 15 is 0 Å². The van der Waals surface area contributed by atoms with E-state index in [1.807, 2.05) is 0 Å². The first-order chi connectivity index (χ1) is 3.46. The molecule has 0 radical (unpaired) electrons. The maximum atomic E-state index is 8.56. The molecule has 0 aliphatic heterocycles. The van der Waals surface area contributed by atoms with E-state index in [9.17, 15) is 0 Å². The van der Waals surface area contributed by atoms with Crippen molar-refractivity contribution in [2.24, 2.45) is 0 Å². The maximum absolute atomic E-state index is 8.56.